The fourth-order valence-corrected chi connectivity index (χ4v) is 10.2. The van der Waals surface area contributed by atoms with Gasteiger partial charge in [0.25, 0.3) is 5.91 Å². The average Bonchev–Trinajstić information content (AvgIpc) is 3.24. The molecule has 1 unspecified atom stereocenters. The van der Waals surface area contributed by atoms with Crippen molar-refractivity contribution in [3.8, 4) is 0 Å². The number of ketones is 1. The molecule has 0 spiro atoms. The van der Waals surface area contributed by atoms with Gasteiger partial charge >= 0.3 is 23.9 Å². The van der Waals surface area contributed by atoms with Gasteiger partial charge < -0.3 is 44.3 Å². The number of aliphatic hydroxyl groups is 3. The van der Waals surface area contributed by atoms with Crippen molar-refractivity contribution >= 4 is 35.6 Å². The highest BCUT2D eigenvalue weighted by atomic mass is 16.6. The number of carbonyl (C=O) groups excluding carboxylic acids is 6. The molecule has 4 aliphatic rings. The Bertz CT molecular complexity index is 2280. The Morgan fingerprint density at radius 2 is 1.40 bits per heavy atom. The molecule has 11 atom stereocenters. The van der Waals surface area contributed by atoms with Crippen LogP contribution in [0.1, 0.15) is 86.7 Å². The highest BCUT2D eigenvalue weighted by Gasteiger charge is 2.78. The van der Waals surface area contributed by atoms with Crippen molar-refractivity contribution in [1.29, 1.82) is 0 Å². The smallest absolute Gasteiger partial charge is 0.338 e. The van der Waals surface area contributed by atoms with Gasteiger partial charge in [0.1, 0.15) is 23.9 Å². The predicted molar refractivity (Wildman–Crippen MR) is 218 cm³/mol. The number of carbonyl (C=O) groups is 6. The number of aliphatic hydroxyl groups excluding tert-OH is 2. The lowest BCUT2D eigenvalue weighted by molar-refractivity contribution is -0.346. The Morgan fingerprint density at radius 3 is 1.95 bits per heavy atom. The number of Topliss-reactive ketones (excluding diaryl/α,β-unsaturated/α-hetero) is 1. The number of ether oxygens (including phenoxy) is 5. The van der Waals surface area contributed by atoms with Gasteiger partial charge in [-0.15, -0.1) is 0 Å². The molecule has 3 fully saturated rings. The van der Waals surface area contributed by atoms with Gasteiger partial charge in [0.15, 0.2) is 23.6 Å². The monoisotopic (exact) mass is 853 g/mol. The van der Waals surface area contributed by atoms with Crippen LogP contribution in [0.3, 0.4) is 0 Å². The Hall–Kier alpha value is -5.74. The van der Waals surface area contributed by atoms with Crippen molar-refractivity contribution in [3.05, 3.63) is 119 Å². The van der Waals surface area contributed by atoms with Gasteiger partial charge in [-0.05, 0) is 54.8 Å². The van der Waals surface area contributed by atoms with Crippen LogP contribution >= 0.6 is 0 Å². The molecule has 7 rings (SSSR count). The number of esters is 4. The molecule has 0 aromatic heterocycles. The molecule has 2 saturated carbocycles. The second-order valence-corrected chi connectivity index (χ2v) is 17.4. The van der Waals surface area contributed by atoms with Gasteiger partial charge in [-0.25, -0.2) is 9.59 Å². The van der Waals surface area contributed by atoms with Crippen LogP contribution in [0.5, 0.6) is 0 Å². The van der Waals surface area contributed by atoms with Gasteiger partial charge in [0, 0.05) is 37.7 Å². The summed E-state index contributed by atoms with van der Waals surface area (Å²) < 4.78 is 30.3. The molecule has 0 radical (unpaired) electrons. The van der Waals surface area contributed by atoms with E-state index in [4.69, 9.17) is 23.7 Å². The molecule has 2 bridgehead atoms. The fourth-order valence-electron chi connectivity index (χ4n) is 10.2. The second kappa shape index (κ2) is 16.5. The summed E-state index contributed by atoms with van der Waals surface area (Å²) in [6.45, 7) is 7.97. The van der Waals surface area contributed by atoms with Crippen LogP contribution in [0.4, 0.5) is 0 Å². The highest BCUT2D eigenvalue weighted by Crippen LogP contribution is 2.64. The number of fused-ring (bicyclic) bond motifs is 5. The maximum absolute atomic E-state index is 15.5. The van der Waals surface area contributed by atoms with Crippen LogP contribution in [-0.4, -0.2) is 105 Å². The zero-order valence-electron chi connectivity index (χ0n) is 35.2. The van der Waals surface area contributed by atoms with Crippen molar-refractivity contribution < 1.29 is 67.8 Å². The molecular weight excluding hydrogens is 803 g/mol. The summed E-state index contributed by atoms with van der Waals surface area (Å²) >= 11 is 0. The van der Waals surface area contributed by atoms with Crippen LogP contribution in [0.2, 0.25) is 0 Å². The van der Waals surface area contributed by atoms with Crippen molar-refractivity contribution in [2.45, 2.75) is 108 Å². The number of nitrogens with one attached hydrogen (secondary N) is 1. The molecule has 4 N–H and O–H groups in total. The van der Waals surface area contributed by atoms with E-state index in [0.29, 0.717) is 5.56 Å². The van der Waals surface area contributed by atoms with Crippen molar-refractivity contribution in [3.63, 3.8) is 0 Å². The molecule has 15 nitrogen and oxygen atoms in total. The Morgan fingerprint density at radius 1 is 0.823 bits per heavy atom. The SMILES string of the molecule is CC(=O)O[C@@H]1C(=O)[C@@]2(C)C([C@@H](OC(=O)c3ccccc3)[C@]3(O)C[C@@H](OC(=O)[C@H](O)[C@H](NC(=O)c4ccccc4)c4ccccc4)C(C)=C1C3(C)C)[C@@]1(OC(C)=O)CO[C@H]1C[C@H]2O. The third-order valence-electron chi connectivity index (χ3n) is 13.5. The van der Waals surface area contributed by atoms with Crippen molar-refractivity contribution in [2.24, 2.45) is 16.7 Å². The summed E-state index contributed by atoms with van der Waals surface area (Å²) in [5, 5.41) is 40.2. The third-order valence-corrected chi connectivity index (χ3v) is 13.5. The summed E-state index contributed by atoms with van der Waals surface area (Å²) in [6.07, 6.45) is -10.5. The van der Waals surface area contributed by atoms with E-state index in [9.17, 15) is 39.3 Å². The van der Waals surface area contributed by atoms with Crippen LogP contribution in [0, 0.1) is 16.7 Å². The maximum Gasteiger partial charge on any atom is 0.338 e. The highest BCUT2D eigenvalue weighted by molar-refractivity contribution is 5.96. The topological polar surface area (TPSA) is 221 Å². The first-order valence-electron chi connectivity index (χ1n) is 20.5. The summed E-state index contributed by atoms with van der Waals surface area (Å²) in [6, 6.07) is 22.9. The minimum absolute atomic E-state index is 0.00289. The van der Waals surface area contributed by atoms with Crippen LogP contribution in [-0.2, 0) is 42.9 Å². The lowest BCUT2D eigenvalue weighted by Crippen LogP contribution is -2.82. The lowest BCUT2D eigenvalue weighted by atomic mass is 9.44. The summed E-state index contributed by atoms with van der Waals surface area (Å²) in [5.74, 6) is -6.84. The zero-order valence-corrected chi connectivity index (χ0v) is 35.2. The quantitative estimate of drug-likeness (QED) is 0.130. The van der Waals surface area contributed by atoms with E-state index in [1.165, 1.54) is 26.0 Å². The number of rotatable bonds is 10. The van der Waals surface area contributed by atoms with Crippen molar-refractivity contribution in [2.75, 3.05) is 6.61 Å². The van der Waals surface area contributed by atoms with Crippen molar-refractivity contribution in [1.82, 2.24) is 5.32 Å². The Labute approximate surface area is 358 Å². The second-order valence-electron chi connectivity index (χ2n) is 17.4. The fraction of sp³-hybridized carbons (Fsp3) is 0.447. The number of hydrogen-bond acceptors (Lipinski definition) is 14. The first kappa shape index (κ1) is 44.3. The number of benzene rings is 3. The van der Waals surface area contributed by atoms with E-state index in [0.717, 1.165) is 13.8 Å². The predicted octanol–water partition coefficient (Wildman–Crippen LogP) is 3.74. The maximum atomic E-state index is 15.5. The minimum atomic E-state index is -2.39. The van der Waals surface area contributed by atoms with Gasteiger partial charge in [-0.2, -0.15) is 0 Å². The summed E-state index contributed by atoms with van der Waals surface area (Å²) in [4.78, 5) is 83.5. The zero-order chi connectivity index (χ0) is 44.9. The van der Waals surface area contributed by atoms with Gasteiger partial charge in [0.2, 0.25) is 0 Å². The number of amides is 1. The first-order chi connectivity index (χ1) is 29.3. The molecule has 1 amide bonds. The molecule has 15 heteroatoms. The molecule has 3 aromatic carbocycles. The molecule has 1 heterocycles. The normalized spacial score (nSPS) is 31.9. The van der Waals surface area contributed by atoms with Crippen LogP contribution < -0.4 is 5.32 Å². The van der Waals surface area contributed by atoms with Gasteiger partial charge in [-0.1, -0.05) is 80.6 Å². The Balaban J connectivity index is 1.39. The largest absolute Gasteiger partial charge is 0.456 e. The standard InChI is InChI=1S/C47H51NO14/c1-25-31(60-43(56)36(52)35(28-16-10-7-11-17-28)48-41(54)29-18-12-8-13-19-29)23-47(57)40(61-42(55)30-20-14-9-15-21-30)38-45(6,32(51)22-33-46(38,24-58-33)62-27(3)50)39(53)37(59-26(2)49)34(25)44(47,4)5/h7-21,31-33,35-38,40,51-52,57H,22-24H2,1-6H3,(H,48,54)/t31-,32-,33+,35-,36-,37+,38?,40-,45-,46-,47-/m1/s1. The van der Waals surface area contributed by atoms with Crippen LogP contribution in [0.25, 0.3) is 0 Å². The average molecular weight is 854 g/mol. The molecule has 3 aromatic rings. The summed E-state index contributed by atoms with van der Waals surface area (Å²) in [7, 11) is 0. The van der Waals surface area contributed by atoms with E-state index in [1.807, 2.05) is 0 Å². The molecule has 62 heavy (non-hydrogen) atoms. The molecule has 328 valence electrons. The molecular formula is C47H51NO14. The first-order valence-corrected chi connectivity index (χ1v) is 20.5. The van der Waals surface area contributed by atoms with Gasteiger partial charge in [0.05, 0.1) is 35.6 Å². The lowest BCUT2D eigenvalue weighted by Gasteiger charge is -2.67. The third kappa shape index (κ3) is 7.29. The van der Waals surface area contributed by atoms with E-state index >= 15 is 4.79 Å². The minimum Gasteiger partial charge on any atom is -0.456 e. The molecule has 1 saturated heterocycles. The van der Waals surface area contributed by atoms with Gasteiger partial charge in [-0.3, -0.25) is 19.2 Å². The van der Waals surface area contributed by atoms with E-state index in [-0.39, 0.29) is 35.3 Å². The Kier molecular flexibility index (Phi) is 11.8. The van der Waals surface area contributed by atoms with E-state index in [2.05, 4.69) is 5.32 Å². The molecule has 3 aliphatic carbocycles. The summed E-state index contributed by atoms with van der Waals surface area (Å²) in [5.41, 5.74) is -7.02. The number of hydrogen-bond donors (Lipinski definition) is 4. The van der Waals surface area contributed by atoms with E-state index in [1.54, 1.807) is 92.7 Å². The van der Waals surface area contributed by atoms with Crippen LogP contribution in [0.15, 0.2) is 102 Å². The van der Waals surface area contributed by atoms with E-state index < -0.39 is 113 Å². The molecule has 1 aliphatic heterocycles.